The lowest BCUT2D eigenvalue weighted by atomic mass is 9.99. The molecule has 1 amide bonds. The Morgan fingerprint density at radius 2 is 2.05 bits per heavy atom. The lowest BCUT2D eigenvalue weighted by Crippen LogP contribution is -2.36. The number of nitrogens with one attached hydrogen (secondary N) is 1. The van der Waals surface area contributed by atoms with Crippen molar-refractivity contribution in [1.82, 2.24) is 10.2 Å². The van der Waals surface area contributed by atoms with E-state index in [1.807, 2.05) is 0 Å². The Bertz CT molecular complexity index is 524. The Kier molecular flexibility index (Phi) is 4.03. The second kappa shape index (κ2) is 5.80. The summed E-state index contributed by atoms with van der Waals surface area (Å²) in [5.74, 6) is 1.40. The quantitative estimate of drug-likeness (QED) is 0.901. The van der Waals surface area contributed by atoms with E-state index in [-0.39, 0.29) is 12.2 Å². The predicted molar refractivity (Wildman–Crippen MR) is 84.7 cm³/mol. The zero-order chi connectivity index (χ0) is 15.0. The molecule has 2 aliphatic rings. The highest BCUT2D eigenvalue weighted by Crippen LogP contribution is 2.36. The molecule has 2 fully saturated rings. The highest BCUT2D eigenvalue weighted by atomic mass is 16.2. The number of hydrogen-bond donors (Lipinski definition) is 1. The van der Waals surface area contributed by atoms with Gasteiger partial charge in [-0.1, -0.05) is 44.5 Å². The van der Waals surface area contributed by atoms with Gasteiger partial charge in [-0.3, -0.25) is 10.1 Å². The van der Waals surface area contributed by atoms with E-state index in [0.29, 0.717) is 11.8 Å². The number of nitrogens with zero attached hydrogens (tertiary/aromatic N) is 1. The molecule has 3 nitrogen and oxygen atoms in total. The number of carbonyl (C=O) groups is 1. The van der Waals surface area contributed by atoms with Gasteiger partial charge in [-0.2, -0.15) is 0 Å². The first-order chi connectivity index (χ1) is 10.1. The third-order valence-corrected chi connectivity index (χ3v) is 5.05. The van der Waals surface area contributed by atoms with Gasteiger partial charge in [0, 0.05) is 6.54 Å². The van der Waals surface area contributed by atoms with Gasteiger partial charge in [0.25, 0.3) is 0 Å². The van der Waals surface area contributed by atoms with Crippen LogP contribution in [0.3, 0.4) is 0 Å². The van der Waals surface area contributed by atoms with Gasteiger partial charge in [0.2, 0.25) is 5.91 Å². The fraction of sp³-hybridized carbons (Fsp3) is 0.611. The predicted octanol–water partition coefficient (Wildman–Crippen LogP) is 3.25. The molecule has 1 aromatic carbocycles. The molecule has 1 aliphatic heterocycles. The van der Waals surface area contributed by atoms with E-state index in [0.717, 1.165) is 18.9 Å². The molecule has 0 spiro atoms. The first-order valence-corrected chi connectivity index (χ1v) is 8.23. The van der Waals surface area contributed by atoms with Gasteiger partial charge in [-0.15, -0.1) is 0 Å². The van der Waals surface area contributed by atoms with Crippen LogP contribution in [-0.2, 0) is 4.79 Å². The molecule has 21 heavy (non-hydrogen) atoms. The molecule has 0 radical (unpaired) electrons. The summed E-state index contributed by atoms with van der Waals surface area (Å²) < 4.78 is 0. The number of aryl methyl sites for hydroxylation is 1. The van der Waals surface area contributed by atoms with Gasteiger partial charge in [0.15, 0.2) is 0 Å². The van der Waals surface area contributed by atoms with Crippen molar-refractivity contribution in [2.24, 2.45) is 11.8 Å². The first-order valence-electron chi connectivity index (χ1n) is 8.23. The van der Waals surface area contributed by atoms with Gasteiger partial charge in [-0.25, -0.2) is 0 Å². The van der Waals surface area contributed by atoms with Crippen LogP contribution in [0.4, 0.5) is 0 Å². The van der Waals surface area contributed by atoms with Crippen molar-refractivity contribution in [2.45, 2.75) is 52.2 Å². The van der Waals surface area contributed by atoms with Gasteiger partial charge >= 0.3 is 0 Å². The van der Waals surface area contributed by atoms with Crippen molar-refractivity contribution < 1.29 is 4.79 Å². The minimum atomic E-state index is -0.0293. The number of benzene rings is 1. The summed E-state index contributed by atoms with van der Waals surface area (Å²) in [5, 5.41) is 3.61. The molecule has 1 heterocycles. The van der Waals surface area contributed by atoms with Crippen molar-refractivity contribution in [3.05, 3.63) is 35.4 Å². The minimum absolute atomic E-state index is 0.0293. The lowest BCUT2D eigenvalue weighted by molar-refractivity contribution is -0.131. The van der Waals surface area contributed by atoms with E-state index in [2.05, 4.69) is 55.3 Å². The molecule has 3 atom stereocenters. The van der Waals surface area contributed by atoms with Crippen molar-refractivity contribution in [3.8, 4) is 0 Å². The summed E-state index contributed by atoms with van der Waals surface area (Å²) in [6.45, 7) is 7.38. The van der Waals surface area contributed by atoms with Gasteiger partial charge < -0.3 is 4.90 Å². The van der Waals surface area contributed by atoms with Gasteiger partial charge in [-0.05, 0) is 42.7 Å². The maximum atomic E-state index is 12.8. The molecular formula is C18H26N2O. The maximum absolute atomic E-state index is 12.8. The molecule has 0 aromatic heterocycles. The second-order valence-corrected chi connectivity index (χ2v) is 6.72. The normalized spacial score (nSPS) is 27.2. The molecule has 114 valence electrons. The topological polar surface area (TPSA) is 32.3 Å². The third-order valence-electron chi connectivity index (χ3n) is 5.05. The molecular weight excluding hydrogens is 260 g/mol. The van der Waals surface area contributed by atoms with E-state index in [1.165, 1.54) is 24.0 Å². The van der Waals surface area contributed by atoms with Crippen LogP contribution in [-0.4, -0.2) is 23.4 Å². The molecule has 3 rings (SSSR count). The lowest BCUT2D eigenvalue weighted by Gasteiger charge is -2.25. The average molecular weight is 286 g/mol. The number of hydrogen-bond acceptors (Lipinski definition) is 2. The zero-order valence-corrected chi connectivity index (χ0v) is 13.3. The number of rotatable bonds is 5. The Morgan fingerprint density at radius 1 is 1.33 bits per heavy atom. The van der Waals surface area contributed by atoms with E-state index < -0.39 is 0 Å². The molecule has 0 bridgehead atoms. The standard InChI is InChI=1S/C18H26N2O/c1-4-12(2)16-18(21)20(11-14-9-10-14)17(19-16)15-8-6-5-7-13(15)3/h5-8,12,14,16-17,19H,4,9-11H2,1-3H3. The highest BCUT2D eigenvalue weighted by Gasteiger charge is 2.43. The minimum Gasteiger partial charge on any atom is -0.321 e. The second-order valence-electron chi connectivity index (χ2n) is 6.72. The molecule has 3 unspecified atom stereocenters. The van der Waals surface area contributed by atoms with Gasteiger partial charge in [0.05, 0.1) is 6.04 Å². The van der Waals surface area contributed by atoms with Crippen LogP contribution in [0, 0.1) is 18.8 Å². The Labute approximate surface area is 127 Å². The fourth-order valence-electron chi connectivity index (χ4n) is 3.21. The fourth-order valence-corrected chi connectivity index (χ4v) is 3.21. The summed E-state index contributed by atoms with van der Waals surface area (Å²) >= 11 is 0. The summed E-state index contributed by atoms with van der Waals surface area (Å²) in [6, 6.07) is 8.39. The largest absolute Gasteiger partial charge is 0.321 e. The smallest absolute Gasteiger partial charge is 0.241 e. The van der Waals surface area contributed by atoms with Crippen LogP contribution in [0.25, 0.3) is 0 Å². The molecule has 1 aliphatic carbocycles. The summed E-state index contributed by atoms with van der Waals surface area (Å²) in [4.78, 5) is 14.9. The van der Waals surface area contributed by atoms with E-state index in [4.69, 9.17) is 0 Å². The molecule has 1 saturated carbocycles. The highest BCUT2D eigenvalue weighted by molar-refractivity contribution is 5.85. The third kappa shape index (κ3) is 2.84. The maximum Gasteiger partial charge on any atom is 0.241 e. The van der Waals surface area contributed by atoms with Gasteiger partial charge in [0.1, 0.15) is 6.17 Å². The van der Waals surface area contributed by atoms with Crippen LogP contribution in [0.2, 0.25) is 0 Å². The van der Waals surface area contributed by atoms with Crippen LogP contribution in [0.5, 0.6) is 0 Å². The van der Waals surface area contributed by atoms with Crippen molar-refractivity contribution in [1.29, 1.82) is 0 Å². The van der Waals surface area contributed by atoms with Crippen molar-refractivity contribution in [2.75, 3.05) is 6.54 Å². The van der Waals surface area contributed by atoms with Crippen molar-refractivity contribution in [3.63, 3.8) is 0 Å². The molecule has 1 saturated heterocycles. The molecule has 1 aromatic rings. The molecule has 1 N–H and O–H groups in total. The number of amides is 1. The van der Waals surface area contributed by atoms with Crippen molar-refractivity contribution >= 4 is 5.91 Å². The van der Waals surface area contributed by atoms with Crippen LogP contribution >= 0.6 is 0 Å². The first kappa shape index (κ1) is 14.6. The average Bonchev–Trinajstić information content (AvgIpc) is 3.25. The summed E-state index contributed by atoms with van der Waals surface area (Å²) in [5.41, 5.74) is 2.51. The van der Waals surface area contributed by atoms with Crippen LogP contribution < -0.4 is 5.32 Å². The zero-order valence-electron chi connectivity index (χ0n) is 13.3. The number of carbonyl (C=O) groups excluding carboxylic acids is 1. The van der Waals surface area contributed by atoms with Crippen LogP contribution in [0.1, 0.15) is 50.4 Å². The summed E-state index contributed by atoms with van der Waals surface area (Å²) in [7, 11) is 0. The SMILES string of the molecule is CCC(C)C1NC(c2ccccc2C)N(CC2CC2)C1=O. The van der Waals surface area contributed by atoms with E-state index in [1.54, 1.807) is 0 Å². The monoisotopic (exact) mass is 286 g/mol. The summed E-state index contributed by atoms with van der Waals surface area (Å²) in [6.07, 6.45) is 3.64. The Balaban J connectivity index is 1.88. The van der Waals surface area contributed by atoms with E-state index in [9.17, 15) is 4.79 Å². The molecule has 3 heteroatoms. The Morgan fingerprint density at radius 3 is 2.67 bits per heavy atom. The van der Waals surface area contributed by atoms with E-state index >= 15 is 0 Å². The van der Waals surface area contributed by atoms with Crippen LogP contribution in [0.15, 0.2) is 24.3 Å². The Hall–Kier alpha value is -1.35.